The number of thiazole rings is 1. The molecule has 0 spiro atoms. The van der Waals surface area contributed by atoms with Crippen LogP contribution in [0, 0.1) is 11.6 Å². The van der Waals surface area contributed by atoms with Gasteiger partial charge in [-0.3, -0.25) is 4.79 Å². The first kappa shape index (κ1) is 20.6. The van der Waals surface area contributed by atoms with Crippen molar-refractivity contribution in [1.82, 2.24) is 4.57 Å². The van der Waals surface area contributed by atoms with Crippen LogP contribution in [0.15, 0.2) is 41.4 Å². The second kappa shape index (κ2) is 7.39. The summed E-state index contributed by atoms with van der Waals surface area (Å²) in [5, 5.41) is 9.30. The summed E-state index contributed by atoms with van der Waals surface area (Å²) >= 11 is 0.518. The number of carboxylic acids is 1. The van der Waals surface area contributed by atoms with Crippen LogP contribution in [0.1, 0.15) is 28.9 Å². The van der Waals surface area contributed by atoms with Crippen LogP contribution in [-0.2, 0) is 11.0 Å². The number of carbonyl (C=O) groups is 2. The van der Waals surface area contributed by atoms with E-state index < -0.39 is 46.9 Å². The van der Waals surface area contributed by atoms with Gasteiger partial charge in [-0.1, -0.05) is 17.4 Å². The van der Waals surface area contributed by atoms with Crippen LogP contribution in [0.4, 0.5) is 22.0 Å². The zero-order valence-corrected chi connectivity index (χ0v) is 15.3. The summed E-state index contributed by atoms with van der Waals surface area (Å²) in [7, 11) is 0. The second-order valence-corrected chi connectivity index (χ2v) is 6.95. The van der Waals surface area contributed by atoms with Crippen LogP contribution in [0.2, 0.25) is 0 Å². The van der Waals surface area contributed by atoms with E-state index in [1.54, 1.807) is 0 Å². The van der Waals surface area contributed by atoms with E-state index in [9.17, 15) is 36.6 Å². The van der Waals surface area contributed by atoms with Crippen LogP contribution in [0.3, 0.4) is 0 Å². The Hall–Kier alpha value is -3.08. The van der Waals surface area contributed by atoms with Crippen LogP contribution in [-0.4, -0.2) is 21.6 Å². The van der Waals surface area contributed by atoms with Crippen molar-refractivity contribution in [1.29, 1.82) is 0 Å². The number of aliphatic carboxylic acids is 1. The number of fused-ring (bicyclic) bond motifs is 1. The lowest BCUT2D eigenvalue weighted by Gasteiger charge is -2.10. The maximum Gasteiger partial charge on any atom is 0.416 e. The smallest absolute Gasteiger partial charge is 0.416 e. The Morgan fingerprint density at radius 3 is 2.48 bits per heavy atom. The van der Waals surface area contributed by atoms with Crippen molar-refractivity contribution in [3.05, 3.63) is 64.0 Å². The molecule has 0 bridgehead atoms. The topological polar surface area (TPSA) is 71.7 Å². The van der Waals surface area contributed by atoms with Gasteiger partial charge in [0.15, 0.2) is 16.4 Å². The highest BCUT2D eigenvalue weighted by atomic mass is 32.1. The van der Waals surface area contributed by atoms with Gasteiger partial charge in [0.05, 0.1) is 15.8 Å². The first-order valence-corrected chi connectivity index (χ1v) is 8.80. The van der Waals surface area contributed by atoms with E-state index in [0.717, 1.165) is 34.9 Å². The van der Waals surface area contributed by atoms with Gasteiger partial charge in [0.2, 0.25) is 0 Å². The third-order valence-corrected chi connectivity index (χ3v) is 5.13. The molecular weight excluding hydrogens is 419 g/mol. The Balaban J connectivity index is 2.22. The van der Waals surface area contributed by atoms with Gasteiger partial charge < -0.3 is 9.67 Å². The molecule has 5 nitrogen and oxygen atoms in total. The third kappa shape index (κ3) is 3.90. The van der Waals surface area contributed by atoms with Gasteiger partial charge in [-0.15, -0.1) is 0 Å². The summed E-state index contributed by atoms with van der Waals surface area (Å²) in [6.45, 7) is 1.24. The second-order valence-electron chi connectivity index (χ2n) is 5.97. The van der Waals surface area contributed by atoms with E-state index >= 15 is 0 Å². The normalized spacial score (nSPS) is 13.7. The zero-order chi connectivity index (χ0) is 21.5. The van der Waals surface area contributed by atoms with Crippen molar-refractivity contribution < 1.29 is 36.6 Å². The number of nitrogens with zero attached hydrogens (tertiary/aromatic N) is 2. The summed E-state index contributed by atoms with van der Waals surface area (Å²) in [5.74, 6) is -4.84. The van der Waals surface area contributed by atoms with Crippen LogP contribution >= 0.6 is 11.3 Å². The minimum Gasteiger partial charge on any atom is -0.480 e. The van der Waals surface area contributed by atoms with E-state index in [2.05, 4.69) is 4.99 Å². The molecule has 0 saturated heterocycles. The SMILES string of the molecule is CC(C(=O)O)n1c(=NC(=O)c2cccc(C(F)(F)F)c2)sc2c(F)c(F)ccc21. The molecule has 1 atom stereocenters. The number of hydrogen-bond donors (Lipinski definition) is 1. The lowest BCUT2D eigenvalue weighted by molar-refractivity contribution is -0.140. The van der Waals surface area contributed by atoms with Gasteiger partial charge in [0, 0.05) is 5.56 Å². The molecule has 152 valence electrons. The quantitative estimate of drug-likeness (QED) is 0.627. The predicted molar refractivity (Wildman–Crippen MR) is 93.4 cm³/mol. The molecule has 0 fully saturated rings. The molecule has 11 heteroatoms. The first-order chi connectivity index (χ1) is 13.5. The fourth-order valence-electron chi connectivity index (χ4n) is 2.59. The Morgan fingerprint density at radius 2 is 1.86 bits per heavy atom. The summed E-state index contributed by atoms with van der Waals surface area (Å²) < 4.78 is 67.0. The van der Waals surface area contributed by atoms with E-state index in [1.165, 1.54) is 6.92 Å². The molecule has 1 N–H and O–H groups in total. The molecule has 29 heavy (non-hydrogen) atoms. The molecule has 1 unspecified atom stereocenters. The number of hydrogen-bond acceptors (Lipinski definition) is 3. The Labute approximate surface area is 163 Å². The molecule has 3 aromatic rings. The number of carbonyl (C=O) groups excluding carboxylic acids is 1. The third-order valence-electron chi connectivity index (χ3n) is 4.07. The number of alkyl halides is 3. The van der Waals surface area contributed by atoms with Crippen LogP contribution < -0.4 is 4.80 Å². The molecule has 0 aliphatic rings. The monoisotopic (exact) mass is 430 g/mol. The standard InChI is InChI=1S/C18H11F5N2O3S/c1-8(16(27)28)25-12-6-5-11(19)13(20)14(12)29-17(25)24-15(26)9-3-2-4-10(7-9)18(21,22)23/h2-8H,1H3,(H,27,28). The highest BCUT2D eigenvalue weighted by Crippen LogP contribution is 2.30. The van der Waals surface area contributed by atoms with E-state index in [-0.39, 0.29) is 15.0 Å². The van der Waals surface area contributed by atoms with Gasteiger partial charge in [-0.2, -0.15) is 18.2 Å². The Bertz CT molecular complexity index is 1200. The largest absolute Gasteiger partial charge is 0.480 e. The van der Waals surface area contributed by atoms with Crippen molar-refractivity contribution in [3.8, 4) is 0 Å². The summed E-state index contributed by atoms with van der Waals surface area (Å²) in [5.41, 5.74) is -1.47. The fraction of sp³-hybridized carbons (Fsp3) is 0.167. The number of benzene rings is 2. The molecule has 1 heterocycles. The van der Waals surface area contributed by atoms with Crippen LogP contribution in [0.5, 0.6) is 0 Å². The van der Waals surface area contributed by atoms with Gasteiger partial charge in [0.1, 0.15) is 6.04 Å². The molecule has 0 saturated carbocycles. The zero-order valence-electron chi connectivity index (χ0n) is 14.5. The van der Waals surface area contributed by atoms with E-state index in [0.29, 0.717) is 17.4 Å². The van der Waals surface area contributed by atoms with Crippen molar-refractivity contribution >= 4 is 33.4 Å². The highest BCUT2D eigenvalue weighted by Gasteiger charge is 2.31. The molecule has 0 radical (unpaired) electrons. The van der Waals surface area contributed by atoms with E-state index in [1.807, 2.05) is 0 Å². The number of carboxylic acid groups (broad SMARTS) is 1. The number of rotatable bonds is 3. The number of aromatic nitrogens is 1. The Kier molecular flexibility index (Phi) is 5.26. The summed E-state index contributed by atoms with van der Waals surface area (Å²) in [4.78, 5) is 27.2. The van der Waals surface area contributed by atoms with Gasteiger partial charge in [-0.25, -0.2) is 13.6 Å². The molecule has 1 aromatic heterocycles. The van der Waals surface area contributed by atoms with Crippen LogP contribution in [0.25, 0.3) is 10.2 Å². The average molecular weight is 430 g/mol. The van der Waals surface area contributed by atoms with E-state index in [4.69, 9.17) is 0 Å². The fourth-order valence-corrected chi connectivity index (χ4v) is 3.72. The molecular formula is C18H11F5N2O3S. The Morgan fingerprint density at radius 1 is 1.17 bits per heavy atom. The summed E-state index contributed by atoms with van der Waals surface area (Å²) in [6.07, 6.45) is -4.67. The highest BCUT2D eigenvalue weighted by molar-refractivity contribution is 7.16. The minimum atomic E-state index is -4.67. The average Bonchev–Trinajstić information content (AvgIpc) is 3.02. The van der Waals surface area contributed by atoms with Gasteiger partial charge in [-0.05, 0) is 37.3 Å². The number of amides is 1. The van der Waals surface area contributed by atoms with Gasteiger partial charge in [0.25, 0.3) is 5.91 Å². The van der Waals surface area contributed by atoms with Crippen molar-refractivity contribution in [2.45, 2.75) is 19.1 Å². The lowest BCUT2D eigenvalue weighted by Crippen LogP contribution is -2.25. The van der Waals surface area contributed by atoms with Crippen molar-refractivity contribution in [2.75, 3.05) is 0 Å². The van der Waals surface area contributed by atoms with Crippen molar-refractivity contribution in [3.63, 3.8) is 0 Å². The molecule has 2 aromatic carbocycles. The molecule has 3 rings (SSSR count). The molecule has 0 aliphatic carbocycles. The lowest BCUT2D eigenvalue weighted by atomic mass is 10.1. The maximum atomic E-state index is 14.1. The van der Waals surface area contributed by atoms with Gasteiger partial charge >= 0.3 is 12.1 Å². The molecule has 1 amide bonds. The predicted octanol–water partition coefficient (Wildman–Crippen LogP) is 4.39. The van der Waals surface area contributed by atoms with Crippen molar-refractivity contribution in [2.24, 2.45) is 4.99 Å². The summed E-state index contributed by atoms with van der Waals surface area (Å²) in [6, 6.07) is 4.15. The maximum absolute atomic E-state index is 14.1. The first-order valence-electron chi connectivity index (χ1n) is 7.99. The minimum absolute atomic E-state index is 0.0145. The number of halogens is 5. The molecule has 0 aliphatic heterocycles.